The summed E-state index contributed by atoms with van der Waals surface area (Å²) in [5.74, 6) is 2.51. The van der Waals surface area contributed by atoms with Crippen LogP contribution in [0.4, 0.5) is 0 Å². The van der Waals surface area contributed by atoms with E-state index in [4.69, 9.17) is 4.74 Å². The molecule has 22 heavy (non-hydrogen) atoms. The molecule has 3 rings (SSSR count). The van der Waals surface area contributed by atoms with Gasteiger partial charge < -0.3 is 9.64 Å². The van der Waals surface area contributed by atoms with Crippen LogP contribution in [0, 0.1) is 0 Å². The number of benzene rings is 2. The quantitative estimate of drug-likeness (QED) is 0.781. The molecule has 0 heterocycles. The molecule has 116 valence electrons. The van der Waals surface area contributed by atoms with Crippen LogP contribution in [-0.4, -0.2) is 25.0 Å². The van der Waals surface area contributed by atoms with Crippen LogP contribution in [0.2, 0.25) is 0 Å². The smallest absolute Gasteiger partial charge is 0.127 e. The van der Waals surface area contributed by atoms with Gasteiger partial charge in [0.15, 0.2) is 0 Å². The molecule has 2 nitrogen and oxygen atoms in total. The van der Waals surface area contributed by atoms with E-state index in [9.17, 15) is 0 Å². The van der Waals surface area contributed by atoms with Gasteiger partial charge in [-0.05, 0) is 75.5 Å². The third-order valence-electron chi connectivity index (χ3n) is 4.76. The molecule has 2 heteroatoms. The fraction of sp³-hybridized carbons (Fsp3) is 0.400. The number of para-hydroxylation sites is 1. The topological polar surface area (TPSA) is 12.5 Å². The summed E-state index contributed by atoms with van der Waals surface area (Å²) in [6, 6.07) is 19.4. The van der Waals surface area contributed by atoms with Crippen LogP contribution in [0.15, 0.2) is 54.6 Å². The van der Waals surface area contributed by atoms with Crippen molar-refractivity contribution >= 4 is 0 Å². The zero-order chi connectivity index (χ0) is 15.4. The highest BCUT2D eigenvalue weighted by Gasteiger charge is 2.23. The van der Waals surface area contributed by atoms with Crippen LogP contribution < -0.4 is 4.74 Å². The number of hydrogen-bond donors (Lipinski definition) is 0. The Morgan fingerprint density at radius 3 is 1.95 bits per heavy atom. The minimum absolute atomic E-state index is 0.710. The molecule has 2 aromatic rings. The Bertz CT molecular complexity index is 568. The molecular weight excluding hydrogens is 270 g/mol. The third kappa shape index (κ3) is 3.69. The van der Waals surface area contributed by atoms with Gasteiger partial charge in [-0.2, -0.15) is 0 Å². The van der Waals surface area contributed by atoms with E-state index in [-0.39, 0.29) is 0 Å². The normalized spacial score (nSPS) is 21.8. The molecule has 1 aliphatic rings. The maximum atomic E-state index is 5.86. The summed E-state index contributed by atoms with van der Waals surface area (Å²) >= 11 is 0. The number of nitrogens with zero attached hydrogens (tertiary/aromatic N) is 1. The number of ether oxygens (including phenoxy) is 1. The van der Waals surface area contributed by atoms with Crippen molar-refractivity contribution in [3.63, 3.8) is 0 Å². The summed E-state index contributed by atoms with van der Waals surface area (Å²) in [7, 11) is 4.39. The third-order valence-corrected chi connectivity index (χ3v) is 4.76. The number of hydrogen-bond acceptors (Lipinski definition) is 2. The van der Waals surface area contributed by atoms with Crippen LogP contribution in [0.3, 0.4) is 0 Å². The lowest BCUT2D eigenvalue weighted by Crippen LogP contribution is -2.31. The highest BCUT2D eigenvalue weighted by Crippen LogP contribution is 2.35. The van der Waals surface area contributed by atoms with E-state index in [0.29, 0.717) is 5.92 Å². The molecule has 0 unspecified atom stereocenters. The van der Waals surface area contributed by atoms with Crippen molar-refractivity contribution in [1.82, 2.24) is 4.90 Å². The van der Waals surface area contributed by atoms with Gasteiger partial charge in [-0.15, -0.1) is 0 Å². The summed E-state index contributed by atoms with van der Waals surface area (Å²) in [4.78, 5) is 2.37. The molecule has 1 fully saturated rings. The van der Waals surface area contributed by atoms with Crippen LogP contribution in [0.5, 0.6) is 11.5 Å². The van der Waals surface area contributed by atoms with Crippen molar-refractivity contribution in [1.29, 1.82) is 0 Å². The molecule has 0 spiro atoms. The molecule has 0 amide bonds. The zero-order valence-corrected chi connectivity index (χ0v) is 13.5. The lowest BCUT2D eigenvalue weighted by molar-refractivity contribution is 0.216. The Kier molecular flexibility index (Phi) is 4.79. The van der Waals surface area contributed by atoms with Gasteiger partial charge in [-0.3, -0.25) is 0 Å². The molecule has 1 aliphatic carbocycles. The lowest BCUT2D eigenvalue weighted by atomic mass is 9.81. The van der Waals surface area contributed by atoms with Crippen molar-refractivity contribution in [2.24, 2.45) is 0 Å². The molecule has 0 aromatic heterocycles. The van der Waals surface area contributed by atoms with Gasteiger partial charge in [0.1, 0.15) is 11.5 Å². The monoisotopic (exact) mass is 295 g/mol. The van der Waals surface area contributed by atoms with Gasteiger partial charge in [0.25, 0.3) is 0 Å². The highest BCUT2D eigenvalue weighted by atomic mass is 16.5. The zero-order valence-electron chi connectivity index (χ0n) is 13.5. The molecule has 2 aromatic carbocycles. The fourth-order valence-corrected chi connectivity index (χ4v) is 3.36. The predicted octanol–water partition coefficient (Wildman–Crippen LogP) is 5.07. The predicted molar refractivity (Wildman–Crippen MR) is 91.6 cm³/mol. The second-order valence-corrected chi connectivity index (χ2v) is 6.45. The molecule has 0 saturated heterocycles. The molecule has 0 aliphatic heterocycles. The highest BCUT2D eigenvalue weighted by molar-refractivity contribution is 5.34. The Morgan fingerprint density at radius 1 is 0.773 bits per heavy atom. The summed E-state index contributed by atoms with van der Waals surface area (Å²) in [5.41, 5.74) is 1.46. The maximum Gasteiger partial charge on any atom is 0.127 e. The first-order chi connectivity index (χ1) is 10.7. The van der Waals surface area contributed by atoms with Gasteiger partial charge in [0, 0.05) is 6.04 Å². The van der Waals surface area contributed by atoms with Crippen molar-refractivity contribution in [3.8, 4) is 11.5 Å². The van der Waals surface area contributed by atoms with Crippen molar-refractivity contribution in [3.05, 3.63) is 60.2 Å². The SMILES string of the molecule is CN(C)C1CCC(c2ccc(Oc3ccccc3)cc2)CC1. The van der Waals surface area contributed by atoms with Crippen molar-refractivity contribution in [2.75, 3.05) is 14.1 Å². The second-order valence-electron chi connectivity index (χ2n) is 6.45. The van der Waals surface area contributed by atoms with E-state index in [1.165, 1.54) is 31.2 Å². The summed E-state index contributed by atoms with van der Waals surface area (Å²) < 4.78 is 5.86. The van der Waals surface area contributed by atoms with Crippen LogP contribution in [0.1, 0.15) is 37.2 Å². The van der Waals surface area contributed by atoms with Gasteiger partial charge in [0.05, 0.1) is 0 Å². The van der Waals surface area contributed by atoms with Crippen LogP contribution >= 0.6 is 0 Å². The molecule has 0 N–H and O–H groups in total. The first-order valence-corrected chi connectivity index (χ1v) is 8.21. The molecule has 0 bridgehead atoms. The van der Waals surface area contributed by atoms with E-state index in [2.05, 4.69) is 43.3 Å². The number of rotatable bonds is 4. The van der Waals surface area contributed by atoms with Crippen molar-refractivity contribution in [2.45, 2.75) is 37.6 Å². The summed E-state index contributed by atoms with van der Waals surface area (Å²) in [6.07, 6.45) is 5.20. The average Bonchev–Trinajstić information content (AvgIpc) is 2.57. The van der Waals surface area contributed by atoms with E-state index in [1.807, 2.05) is 30.3 Å². The standard InChI is InChI=1S/C20H25NO/c1-21(2)18-12-8-16(9-13-18)17-10-14-20(15-11-17)22-19-6-4-3-5-7-19/h3-7,10-11,14-16,18H,8-9,12-13H2,1-2H3. The van der Waals surface area contributed by atoms with E-state index >= 15 is 0 Å². The first kappa shape index (κ1) is 15.1. The Balaban J connectivity index is 1.60. The average molecular weight is 295 g/mol. The summed E-state index contributed by atoms with van der Waals surface area (Å²) in [6.45, 7) is 0. The lowest BCUT2D eigenvalue weighted by Gasteiger charge is -2.32. The molecule has 0 atom stereocenters. The van der Waals surface area contributed by atoms with Gasteiger partial charge in [-0.1, -0.05) is 30.3 Å². The van der Waals surface area contributed by atoms with Crippen LogP contribution in [-0.2, 0) is 0 Å². The largest absolute Gasteiger partial charge is 0.457 e. The molecule has 1 saturated carbocycles. The van der Waals surface area contributed by atoms with Gasteiger partial charge >= 0.3 is 0 Å². The molecular formula is C20H25NO. The summed E-state index contributed by atoms with van der Waals surface area (Å²) in [5, 5.41) is 0. The Labute approximate surface area is 133 Å². The minimum Gasteiger partial charge on any atom is -0.457 e. The maximum absolute atomic E-state index is 5.86. The molecule has 0 radical (unpaired) electrons. The Hall–Kier alpha value is -1.80. The van der Waals surface area contributed by atoms with Gasteiger partial charge in [0.2, 0.25) is 0 Å². The van der Waals surface area contributed by atoms with E-state index in [0.717, 1.165) is 17.5 Å². The van der Waals surface area contributed by atoms with Gasteiger partial charge in [-0.25, -0.2) is 0 Å². The minimum atomic E-state index is 0.710. The second kappa shape index (κ2) is 6.97. The van der Waals surface area contributed by atoms with E-state index < -0.39 is 0 Å². The fourth-order valence-electron chi connectivity index (χ4n) is 3.36. The van der Waals surface area contributed by atoms with E-state index in [1.54, 1.807) is 0 Å². The first-order valence-electron chi connectivity index (χ1n) is 8.21. The van der Waals surface area contributed by atoms with Crippen molar-refractivity contribution < 1.29 is 4.74 Å². The van der Waals surface area contributed by atoms with Crippen LogP contribution in [0.25, 0.3) is 0 Å². The Morgan fingerprint density at radius 2 is 1.36 bits per heavy atom.